The van der Waals surface area contributed by atoms with E-state index in [1.807, 2.05) is 0 Å². The topological polar surface area (TPSA) is 79.3 Å². The maximum absolute atomic E-state index is 14.3. The highest BCUT2D eigenvalue weighted by Crippen LogP contribution is 2.28. The molecule has 130 valence electrons. The number of anilines is 1. The fourth-order valence-electron chi connectivity index (χ4n) is 2.40. The van der Waals surface area contributed by atoms with Crippen molar-refractivity contribution in [3.05, 3.63) is 83.6 Å². The molecule has 1 heterocycles. The van der Waals surface area contributed by atoms with Crippen LogP contribution in [-0.4, -0.2) is 22.0 Å². The van der Waals surface area contributed by atoms with Gasteiger partial charge in [0.2, 0.25) is 0 Å². The number of nitrogens with one attached hydrogen (secondary N) is 1. The SMILES string of the molecule is O=C(O)c1ccc(NC(=O)c2c(-c3ccccc3)ccc(F)c2F)nc1. The summed E-state index contributed by atoms with van der Waals surface area (Å²) < 4.78 is 28.0. The number of carbonyl (C=O) groups excluding carboxylic acids is 1. The average molecular weight is 354 g/mol. The second kappa shape index (κ2) is 7.10. The molecule has 0 aliphatic carbocycles. The van der Waals surface area contributed by atoms with Gasteiger partial charge in [0, 0.05) is 6.20 Å². The van der Waals surface area contributed by atoms with Crippen molar-refractivity contribution in [3.63, 3.8) is 0 Å². The van der Waals surface area contributed by atoms with Gasteiger partial charge in [0.05, 0.1) is 11.1 Å². The third-order valence-corrected chi connectivity index (χ3v) is 3.66. The van der Waals surface area contributed by atoms with E-state index in [1.165, 1.54) is 18.2 Å². The lowest BCUT2D eigenvalue weighted by molar-refractivity contribution is 0.0696. The van der Waals surface area contributed by atoms with E-state index >= 15 is 0 Å². The van der Waals surface area contributed by atoms with Crippen LogP contribution in [0.1, 0.15) is 20.7 Å². The van der Waals surface area contributed by atoms with Gasteiger partial charge in [-0.2, -0.15) is 0 Å². The van der Waals surface area contributed by atoms with Crippen molar-refractivity contribution in [3.8, 4) is 11.1 Å². The molecule has 5 nitrogen and oxygen atoms in total. The first kappa shape index (κ1) is 17.2. The zero-order chi connectivity index (χ0) is 18.7. The van der Waals surface area contributed by atoms with E-state index in [-0.39, 0.29) is 16.9 Å². The van der Waals surface area contributed by atoms with Crippen LogP contribution < -0.4 is 5.32 Å². The lowest BCUT2D eigenvalue weighted by Crippen LogP contribution is -2.17. The second-order valence-corrected chi connectivity index (χ2v) is 5.34. The van der Waals surface area contributed by atoms with Gasteiger partial charge in [-0.1, -0.05) is 36.4 Å². The van der Waals surface area contributed by atoms with Gasteiger partial charge in [-0.15, -0.1) is 0 Å². The van der Waals surface area contributed by atoms with Crippen LogP contribution >= 0.6 is 0 Å². The minimum Gasteiger partial charge on any atom is -0.478 e. The molecule has 7 heteroatoms. The Kier molecular flexibility index (Phi) is 4.70. The highest BCUT2D eigenvalue weighted by Gasteiger charge is 2.21. The van der Waals surface area contributed by atoms with Crippen LogP contribution in [-0.2, 0) is 0 Å². The molecular formula is C19H12F2N2O3. The molecule has 0 fully saturated rings. The summed E-state index contributed by atoms with van der Waals surface area (Å²) in [5.74, 6) is -4.47. The fourth-order valence-corrected chi connectivity index (χ4v) is 2.40. The number of aromatic nitrogens is 1. The first-order valence-electron chi connectivity index (χ1n) is 7.51. The van der Waals surface area contributed by atoms with E-state index in [2.05, 4.69) is 10.3 Å². The summed E-state index contributed by atoms with van der Waals surface area (Å²) in [6.07, 6.45) is 1.05. The van der Waals surface area contributed by atoms with Crippen LogP contribution in [0.4, 0.5) is 14.6 Å². The molecule has 3 rings (SSSR count). The van der Waals surface area contributed by atoms with E-state index in [0.29, 0.717) is 5.56 Å². The Labute approximate surface area is 146 Å². The lowest BCUT2D eigenvalue weighted by atomic mass is 9.98. The van der Waals surface area contributed by atoms with Gasteiger partial charge in [-0.05, 0) is 29.3 Å². The Balaban J connectivity index is 1.98. The number of hydrogen-bond donors (Lipinski definition) is 2. The lowest BCUT2D eigenvalue weighted by Gasteiger charge is -2.12. The van der Waals surface area contributed by atoms with Gasteiger partial charge in [0.25, 0.3) is 5.91 Å². The van der Waals surface area contributed by atoms with E-state index in [1.54, 1.807) is 30.3 Å². The van der Waals surface area contributed by atoms with Crippen LogP contribution in [0.3, 0.4) is 0 Å². The Morgan fingerprint density at radius 2 is 1.69 bits per heavy atom. The molecule has 0 aliphatic heterocycles. The van der Waals surface area contributed by atoms with Crippen LogP contribution in [0, 0.1) is 11.6 Å². The van der Waals surface area contributed by atoms with E-state index in [0.717, 1.165) is 12.3 Å². The minimum absolute atomic E-state index is 0.0164. The summed E-state index contributed by atoms with van der Waals surface area (Å²) in [5.41, 5.74) is 0.250. The quantitative estimate of drug-likeness (QED) is 0.743. The number of rotatable bonds is 4. The molecule has 3 aromatic rings. The number of amides is 1. The number of carboxylic acids is 1. The van der Waals surface area contributed by atoms with Gasteiger partial charge in [-0.3, -0.25) is 4.79 Å². The molecule has 0 bridgehead atoms. The van der Waals surface area contributed by atoms with Crippen LogP contribution in [0.5, 0.6) is 0 Å². The van der Waals surface area contributed by atoms with E-state index < -0.39 is 29.1 Å². The number of nitrogens with zero attached hydrogens (tertiary/aromatic N) is 1. The van der Waals surface area contributed by atoms with Gasteiger partial charge < -0.3 is 10.4 Å². The van der Waals surface area contributed by atoms with Crippen molar-refractivity contribution < 1.29 is 23.5 Å². The molecule has 26 heavy (non-hydrogen) atoms. The summed E-state index contributed by atoms with van der Waals surface area (Å²) in [5, 5.41) is 11.2. The molecule has 2 aromatic carbocycles. The number of carbonyl (C=O) groups is 2. The van der Waals surface area contributed by atoms with Crippen LogP contribution in [0.2, 0.25) is 0 Å². The Bertz CT molecular complexity index is 974. The van der Waals surface area contributed by atoms with Crippen LogP contribution in [0.15, 0.2) is 60.8 Å². The molecule has 0 unspecified atom stereocenters. The zero-order valence-electron chi connectivity index (χ0n) is 13.2. The van der Waals surface area contributed by atoms with Crippen molar-refractivity contribution in [1.82, 2.24) is 4.98 Å². The largest absolute Gasteiger partial charge is 0.478 e. The minimum atomic E-state index is -1.27. The Morgan fingerprint density at radius 3 is 2.31 bits per heavy atom. The first-order chi connectivity index (χ1) is 12.5. The highest BCUT2D eigenvalue weighted by atomic mass is 19.2. The van der Waals surface area contributed by atoms with Crippen molar-refractivity contribution in [2.45, 2.75) is 0 Å². The monoisotopic (exact) mass is 354 g/mol. The first-order valence-corrected chi connectivity index (χ1v) is 7.51. The molecule has 1 aromatic heterocycles. The number of halogens is 2. The van der Waals surface area contributed by atoms with E-state index in [4.69, 9.17) is 5.11 Å². The molecule has 0 atom stereocenters. The third-order valence-electron chi connectivity index (χ3n) is 3.66. The molecule has 0 radical (unpaired) electrons. The Hall–Kier alpha value is -3.61. The van der Waals surface area contributed by atoms with E-state index in [9.17, 15) is 18.4 Å². The smallest absolute Gasteiger partial charge is 0.337 e. The summed E-state index contributed by atoms with van der Waals surface area (Å²) >= 11 is 0. The average Bonchev–Trinajstić information content (AvgIpc) is 2.64. The number of carboxylic acid groups (broad SMARTS) is 1. The van der Waals surface area contributed by atoms with Gasteiger partial charge in [0.1, 0.15) is 5.82 Å². The summed E-state index contributed by atoms with van der Waals surface area (Å²) in [7, 11) is 0. The normalized spacial score (nSPS) is 10.4. The van der Waals surface area contributed by atoms with Crippen LogP contribution in [0.25, 0.3) is 11.1 Å². The molecule has 0 aliphatic rings. The number of hydrogen-bond acceptors (Lipinski definition) is 3. The number of aromatic carboxylic acids is 1. The number of pyridine rings is 1. The molecule has 0 saturated heterocycles. The maximum atomic E-state index is 14.3. The molecule has 2 N–H and O–H groups in total. The third kappa shape index (κ3) is 3.41. The molecule has 1 amide bonds. The van der Waals surface area contributed by atoms with Crippen molar-refractivity contribution in [2.24, 2.45) is 0 Å². The zero-order valence-corrected chi connectivity index (χ0v) is 13.2. The fraction of sp³-hybridized carbons (Fsp3) is 0. The molecule has 0 saturated carbocycles. The highest BCUT2D eigenvalue weighted by molar-refractivity contribution is 6.08. The van der Waals surface area contributed by atoms with Crippen molar-refractivity contribution >= 4 is 17.7 Å². The maximum Gasteiger partial charge on any atom is 0.337 e. The predicted octanol–water partition coefficient (Wildman–Crippen LogP) is 3.98. The van der Waals surface area contributed by atoms with Crippen molar-refractivity contribution in [2.75, 3.05) is 5.32 Å². The van der Waals surface area contributed by atoms with Gasteiger partial charge in [-0.25, -0.2) is 18.6 Å². The standard InChI is InChI=1S/C19H12F2N2O3/c20-14-8-7-13(11-4-2-1-3-5-11)16(17(14)21)18(24)23-15-9-6-12(10-22-15)19(25)26/h1-10H,(H,25,26)(H,22,23,24). The van der Waals surface area contributed by atoms with Gasteiger partial charge >= 0.3 is 5.97 Å². The molecule has 0 spiro atoms. The molecular weight excluding hydrogens is 342 g/mol. The number of benzene rings is 2. The predicted molar refractivity (Wildman–Crippen MR) is 90.9 cm³/mol. The second-order valence-electron chi connectivity index (χ2n) is 5.34. The summed E-state index contributed by atoms with van der Waals surface area (Å²) in [6, 6.07) is 13.3. The summed E-state index contributed by atoms with van der Waals surface area (Å²) in [4.78, 5) is 27.1. The van der Waals surface area contributed by atoms with Crippen molar-refractivity contribution in [1.29, 1.82) is 0 Å². The van der Waals surface area contributed by atoms with Gasteiger partial charge in [0.15, 0.2) is 11.6 Å². The Morgan fingerprint density at radius 1 is 0.962 bits per heavy atom. The summed E-state index contributed by atoms with van der Waals surface area (Å²) in [6.45, 7) is 0.